The Morgan fingerprint density at radius 1 is 1.62 bits per heavy atom. The highest BCUT2D eigenvalue weighted by Gasteiger charge is 2.11. The van der Waals surface area contributed by atoms with Gasteiger partial charge in [0.2, 0.25) is 0 Å². The number of nitrogens with zero attached hydrogens (tertiary/aromatic N) is 1. The van der Waals surface area contributed by atoms with Crippen LogP contribution >= 0.6 is 0 Å². The van der Waals surface area contributed by atoms with Crippen LogP contribution in [0.3, 0.4) is 0 Å². The third-order valence-electron chi connectivity index (χ3n) is 2.41. The second kappa shape index (κ2) is 6.07. The molecule has 0 fully saturated rings. The predicted octanol–water partition coefficient (Wildman–Crippen LogP) is 2.28. The van der Waals surface area contributed by atoms with Gasteiger partial charge in [0.1, 0.15) is 5.82 Å². The summed E-state index contributed by atoms with van der Waals surface area (Å²) in [4.78, 5) is 19.9. The first-order valence-electron chi connectivity index (χ1n) is 5.24. The fraction of sp³-hybridized carbons (Fsp3) is 0.455. The lowest BCUT2D eigenvalue weighted by molar-refractivity contribution is 0.114. The summed E-state index contributed by atoms with van der Waals surface area (Å²) in [7, 11) is 1.38. The smallest absolute Gasteiger partial charge is 0.290 e. The summed E-state index contributed by atoms with van der Waals surface area (Å²) in [5.74, 6) is 0.929. The number of hydroxylamine groups is 1. The van der Waals surface area contributed by atoms with E-state index in [9.17, 15) is 4.79 Å². The van der Waals surface area contributed by atoms with Crippen LogP contribution in [0.2, 0.25) is 0 Å². The van der Waals surface area contributed by atoms with Crippen molar-refractivity contribution in [3.05, 3.63) is 23.9 Å². The van der Waals surface area contributed by atoms with Crippen molar-refractivity contribution in [3.8, 4) is 0 Å². The zero-order chi connectivity index (χ0) is 12.0. The summed E-state index contributed by atoms with van der Waals surface area (Å²) in [5.41, 5.74) is 3.21. The molecule has 0 aliphatic carbocycles. The predicted molar refractivity (Wildman–Crippen MR) is 62.1 cm³/mol. The Bertz CT molecular complexity index is 355. The van der Waals surface area contributed by atoms with Crippen molar-refractivity contribution in [3.63, 3.8) is 0 Å². The van der Waals surface area contributed by atoms with Gasteiger partial charge in [0.05, 0.1) is 7.11 Å². The second-order valence-electron chi connectivity index (χ2n) is 3.51. The molecule has 0 saturated carbocycles. The molecule has 1 rings (SSSR count). The van der Waals surface area contributed by atoms with E-state index in [1.165, 1.54) is 7.11 Å². The van der Waals surface area contributed by atoms with Gasteiger partial charge in [0, 0.05) is 6.20 Å². The highest BCUT2D eigenvalue weighted by atomic mass is 16.6. The maximum Gasteiger partial charge on any atom is 0.344 e. The van der Waals surface area contributed by atoms with E-state index in [0.29, 0.717) is 11.7 Å². The normalized spacial score (nSPS) is 11.9. The lowest BCUT2D eigenvalue weighted by Crippen LogP contribution is -2.28. The van der Waals surface area contributed by atoms with E-state index in [2.05, 4.69) is 34.5 Å². The van der Waals surface area contributed by atoms with Crippen molar-refractivity contribution < 1.29 is 9.63 Å². The van der Waals surface area contributed by atoms with Gasteiger partial charge in [-0.15, -0.1) is 0 Å². The summed E-state index contributed by atoms with van der Waals surface area (Å²) in [6, 6.07) is 3.40. The van der Waals surface area contributed by atoms with Crippen LogP contribution in [0, 0.1) is 0 Å². The maximum absolute atomic E-state index is 11.3. The monoisotopic (exact) mass is 223 g/mol. The maximum atomic E-state index is 11.3. The molecule has 0 radical (unpaired) electrons. The minimum absolute atomic E-state index is 0.353. The third kappa shape index (κ3) is 3.20. The van der Waals surface area contributed by atoms with Gasteiger partial charge in [-0.3, -0.25) is 10.2 Å². The number of hydrogen-bond acceptors (Lipinski definition) is 3. The van der Waals surface area contributed by atoms with Crippen LogP contribution in [0.15, 0.2) is 18.3 Å². The SMILES string of the molecule is CCC(C)c1cccnc1NC(=O)NOC. The minimum atomic E-state index is -0.425. The van der Waals surface area contributed by atoms with Crippen LogP contribution in [-0.2, 0) is 4.84 Å². The fourth-order valence-electron chi connectivity index (χ4n) is 1.37. The Labute approximate surface area is 95.2 Å². The van der Waals surface area contributed by atoms with E-state index in [-0.39, 0.29) is 0 Å². The molecular formula is C11H17N3O2. The number of amides is 2. The molecule has 5 heteroatoms. The molecular weight excluding hydrogens is 206 g/mol. The van der Waals surface area contributed by atoms with Crippen LogP contribution in [0.1, 0.15) is 31.7 Å². The van der Waals surface area contributed by atoms with Gasteiger partial charge >= 0.3 is 6.03 Å². The van der Waals surface area contributed by atoms with E-state index in [1.54, 1.807) is 6.20 Å². The van der Waals surface area contributed by atoms with E-state index < -0.39 is 6.03 Å². The van der Waals surface area contributed by atoms with Crippen molar-refractivity contribution in [1.29, 1.82) is 0 Å². The van der Waals surface area contributed by atoms with Crippen molar-refractivity contribution in [2.75, 3.05) is 12.4 Å². The van der Waals surface area contributed by atoms with Crippen molar-refractivity contribution in [1.82, 2.24) is 10.5 Å². The standard InChI is InChI=1S/C11H17N3O2/c1-4-8(2)9-6-5-7-12-10(9)13-11(15)14-16-3/h5-8H,4H2,1-3H3,(H2,12,13,14,15). The molecule has 1 aromatic heterocycles. The van der Waals surface area contributed by atoms with Crippen molar-refractivity contribution >= 4 is 11.8 Å². The highest BCUT2D eigenvalue weighted by Crippen LogP contribution is 2.24. The first-order valence-corrected chi connectivity index (χ1v) is 5.24. The number of carbonyl (C=O) groups excluding carboxylic acids is 1. The van der Waals surface area contributed by atoms with Gasteiger partial charge in [0.25, 0.3) is 0 Å². The average molecular weight is 223 g/mol. The summed E-state index contributed by atoms with van der Waals surface area (Å²) < 4.78 is 0. The quantitative estimate of drug-likeness (QED) is 0.770. The molecule has 0 aliphatic rings. The van der Waals surface area contributed by atoms with Gasteiger partial charge in [-0.2, -0.15) is 0 Å². The average Bonchev–Trinajstić information content (AvgIpc) is 2.29. The van der Waals surface area contributed by atoms with Crippen molar-refractivity contribution in [2.45, 2.75) is 26.2 Å². The largest absolute Gasteiger partial charge is 0.344 e. The fourth-order valence-corrected chi connectivity index (χ4v) is 1.37. The van der Waals surface area contributed by atoms with Crippen molar-refractivity contribution in [2.24, 2.45) is 0 Å². The van der Waals surface area contributed by atoms with E-state index in [0.717, 1.165) is 12.0 Å². The molecule has 5 nitrogen and oxygen atoms in total. The molecule has 1 atom stereocenters. The molecule has 1 unspecified atom stereocenters. The molecule has 0 aromatic carbocycles. The number of aromatic nitrogens is 1. The number of rotatable bonds is 4. The first-order chi connectivity index (χ1) is 7.69. The Morgan fingerprint density at radius 2 is 2.38 bits per heavy atom. The molecule has 2 amide bonds. The van der Waals surface area contributed by atoms with Gasteiger partial charge in [-0.25, -0.2) is 15.3 Å². The number of hydrogen-bond donors (Lipinski definition) is 2. The van der Waals surface area contributed by atoms with Crippen LogP contribution in [-0.4, -0.2) is 18.1 Å². The Morgan fingerprint density at radius 3 is 3.00 bits per heavy atom. The topological polar surface area (TPSA) is 63.2 Å². The molecule has 0 bridgehead atoms. The number of nitrogens with one attached hydrogen (secondary N) is 2. The number of anilines is 1. The van der Waals surface area contributed by atoms with Crippen LogP contribution in [0.4, 0.5) is 10.6 Å². The Balaban J connectivity index is 2.82. The molecule has 1 heterocycles. The summed E-state index contributed by atoms with van der Waals surface area (Å²) in [6.45, 7) is 4.19. The minimum Gasteiger partial charge on any atom is -0.290 e. The van der Waals surface area contributed by atoms with Gasteiger partial charge < -0.3 is 0 Å². The van der Waals surface area contributed by atoms with E-state index in [4.69, 9.17) is 0 Å². The lowest BCUT2D eigenvalue weighted by Gasteiger charge is -2.14. The van der Waals surface area contributed by atoms with Crippen LogP contribution in [0.25, 0.3) is 0 Å². The Hall–Kier alpha value is -1.62. The lowest BCUT2D eigenvalue weighted by atomic mass is 9.99. The summed E-state index contributed by atoms with van der Waals surface area (Å²) >= 11 is 0. The van der Waals surface area contributed by atoms with Gasteiger partial charge in [-0.05, 0) is 24.0 Å². The van der Waals surface area contributed by atoms with Gasteiger partial charge in [0.15, 0.2) is 0 Å². The molecule has 16 heavy (non-hydrogen) atoms. The molecule has 88 valence electrons. The number of pyridine rings is 1. The first kappa shape index (κ1) is 12.4. The zero-order valence-corrected chi connectivity index (χ0v) is 9.78. The summed E-state index contributed by atoms with van der Waals surface area (Å²) in [6.07, 6.45) is 2.64. The molecule has 0 saturated heterocycles. The molecule has 0 spiro atoms. The van der Waals surface area contributed by atoms with Gasteiger partial charge in [-0.1, -0.05) is 19.9 Å². The van der Waals surface area contributed by atoms with Crippen LogP contribution < -0.4 is 10.8 Å². The third-order valence-corrected chi connectivity index (χ3v) is 2.41. The number of urea groups is 1. The van der Waals surface area contributed by atoms with E-state index in [1.807, 2.05) is 12.1 Å². The number of carbonyl (C=O) groups is 1. The molecule has 2 N–H and O–H groups in total. The van der Waals surface area contributed by atoms with E-state index >= 15 is 0 Å². The molecule has 1 aromatic rings. The second-order valence-corrected chi connectivity index (χ2v) is 3.51. The zero-order valence-electron chi connectivity index (χ0n) is 9.78. The summed E-state index contributed by atoms with van der Waals surface area (Å²) in [5, 5.41) is 2.64. The Kier molecular flexibility index (Phi) is 4.72. The molecule has 0 aliphatic heterocycles. The van der Waals surface area contributed by atoms with Crippen LogP contribution in [0.5, 0.6) is 0 Å². The highest BCUT2D eigenvalue weighted by molar-refractivity contribution is 5.88.